The molecule has 0 saturated carbocycles. The van der Waals surface area contributed by atoms with Gasteiger partial charge in [-0.25, -0.2) is 4.79 Å². The lowest BCUT2D eigenvalue weighted by molar-refractivity contribution is -0.137. The van der Waals surface area contributed by atoms with Crippen LogP contribution in [0.5, 0.6) is 0 Å². The number of nitrogens with zero attached hydrogens (tertiary/aromatic N) is 4. The second-order valence-electron chi connectivity index (χ2n) is 11.0. The van der Waals surface area contributed by atoms with E-state index in [1.54, 1.807) is 34.9 Å². The lowest BCUT2D eigenvalue weighted by atomic mass is 9.99. The molecule has 4 rings (SSSR count). The molecule has 2 N–H and O–H groups in total. The Kier molecular flexibility index (Phi) is 8.71. The fourth-order valence-corrected chi connectivity index (χ4v) is 4.52. The van der Waals surface area contributed by atoms with Crippen LogP contribution >= 0.6 is 0 Å². The third kappa shape index (κ3) is 7.27. The highest BCUT2D eigenvalue weighted by molar-refractivity contribution is 5.88. The van der Waals surface area contributed by atoms with Crippen LogP contribution in [0.2, 0.25) is 0 Å². The molecule has 2 unspecified atom stereocenters. The molecular formula is C31H35N5O5. The number of hydrogen-bond donors (Lipinski definition) is 1. The van der Waals surface area contributed by atoms with Crippen molar-refractivity contribution >= 4 is 28.7 Å². The van der Waals surface area contributed by atoms with Gasteiger partial charge in [0.2, 0.25) is 11.8 Å². The van der Waals surface area contributed by atoms with Crippen LogP contribution in [0.1, 0.15) is 54.5 Å². The normalized spacial score (nSPS) is 12.9. The van der Waals surface area contributed by atoms with E-state index < -0.39 is 29.7 Å². The van der Waals surface area contributed by atoms with E-state index >= 15 is 0 Å². The molecule has 3 amide bonds. The molecule has 0 aliphatic carbocycles. The van der Waals surface area contributed by atoms with Crippen molar-refractivity contribution in [1.82, 2.24) is 20.0 Å². The van der Waals surface area contributed by atoms with Crippen molar-refractivity contribution in [2.75, 3.05) is 14.1 Å². The van der Waals surface area contributed by atoms with Crippen LogP contribution in [0.15, 0.2) is 77.2 Å². The summed E-state index contributed by atoms with van der Waals surface area (Å²) in [7, 11) is 3.16. The number of nitrogens with two attached hydrogens (primary N) is 1. The van der Waals surface area contributed by atoms with Crippen molar-refractivity contribution in [2.45, 2.75) is 51.3 Å². The topological polar surface area (TPSA) is 132 Å². The molecule has 1 heterocycles. The predicted octanol–water partition coefficient (Wildman–Crippen LogP) is 4.54. The van der Waals surface area contributed by atoms with Gasteiger partial charge in [-0.2, -0.15) is 0 Å². The molecule has 1 aromatic heterocycles. The van der Waals surface area contributed by atoms with Crippen LogP contribution in [-0.2, 0) is 22.4 Å². The van der Waals surface area contributed by atoms with Crippen LogP contribution < -0.4 is 5.73 Å². The van der Waals surface area contributed by atoms with E-state index in [2.05, 4.69) is 10.2 Å². The Morgan fingerprint density at radius 1 is 0.854 bits per heavy atom. The van der Waals surface area contributed by atoms with Gasteiger partial charge in [-0.3, -0.25) is 14.5 Å². The second-order valence-corrected chi connectivity index (χ2v) is 11.0. The van der Waals surface area contributed by atoms with Crippen molar-refractivity contribution in [1.29, 1.82) is 0 Å². The second kappa shape index (κ2) is 12.2. The fourth-order valence-electron chi connectivity index (χ4n) is 4.52. The van der Waals surface area contributed by atoms with Gasteiger partial charge < -0.3 is 19.8 Å². The molecule has 0 aliphatic heterocycles. The average Bonchev–Trinajstić information content (AvgIpc) is 3.44. The highest BCUT2D eigenvalue weighted by Crippen LogP contribution is 2.27. The zero-order valence-electron chi connectivity index (χ0n) is 23.9. The van der Waals surface area contributed by atoms with Gasteiger partial charge in [-0.05, 0) is 42.7 Å². The predicted molar refractivity (Wildman–Crippen MR) is 154 cm³/mol. The lowest BCUT2D eigenvalue weighted by Gasteiger charge is -2.34. The Bertz CT molecular complexity index is 1530. The van der Waals surface area contributed by atoms with Gasteiger partial charge >= 0.3 is 17.9 Å². The Morgan fingerprint density at radius 2 is 1.51 bits per heavy atom. The summed E-state index contributed by atoms with van der Waals surface area (Å²) in [5.74, 6) is -1.53. The molecule has 10 heteroatoms. The van der Waals surface area contributed by atoms with Gasteiger partial charge in [0.15, 0.2) is 0 Å². The van der Waals surface area contributed by atoms with E-state index in [1.165, 1.54) is 9.80 Å². The number of fused-ring (bicyclic) bond motifs is 1. The fraction of sp³-hybridized carbons (Fsp3) is 0.323. The molecule has 0 bridgehead atoms. The summed E-state index contributed by atoms with van der Waals surface area (Å²) in [5.41, 5.74) is 6.37. The molecule has 41 heavy (non-hydrogen) atoms. The maximum Gasteiger partial charge on any atom is 0.410 e. The molecule has 0 spiro atoms. The van der Waals surface area contributed by atoms with Gasteiger partial charge in [0.05, 0.1) is 0 Å². The first-order chi connectivity index (χ1) is 19.4. The quantitative estimate of drug-likeness (QED) is 0.319. The molecule has 0 fully saturated rings. The van der Waals surface area contributed by atoms with Gasteiger partial charge in [0.1, 0.15) is 17.7 Å². The first-order valence-corrected chi connectivity index (χ1v) is 13.3. The molecule has 3 aromatic carbocycles. The van der Waals surface area contributed by atoms with E-state index in [9.17, 15) is 14.4 Å². The summed E-state index contributed by atoms with van der Waals surface area (Å²) in [6, 6.07) is 21.7. The Morgan fingerprint density at radius 3 is 2.15 bits per heavy atom. The number of carbonyl (C=O) groups excluding carboxylic acids is 3. The van der Waals surface area contributed by atoms with Crippen LogP contribution in [0.25, 0.3) is 10.8 Å². The third-order valence-corrected chi connectivity index (χ3v) is 6.70. The van der Waals surface area contributed by atoms with E-state index in [0.717, 1.165) is 21.9 Å². The number of ether oxygens (including phenoxy) is 1. The van der Waals surface area contributed by atoms with Crippen LogP contribution in [0, 0.1) is 0 Å². The minimum absolute atomic E-state index is 0.0582. The van der Waals surface area contributed by atoms with E-state index in [4.69, 9.17) is 14.9 Å². The molecule has 214 valence electrons. The first-order valence-electron chi connectivity index (χ1n) is 13.3. The van der Waals surface area contributed by atoms with Crippen molar-refractivity contribution in [2.24, 2.45) is 5.73 Å². The van der Waals surface area contributed by atoms with Gasteiger partial charge in [0, 0.05) is 26.9 Å². The largest absolute Gasteiger partial charge is 0.444 e. The maximum atomic E-state index is 14.3. The number of amides is 3. The molecule has 0 radical (unpaired) electrons. The van der Waals surface area contributed by atoms with E-state index in [-0.39, 0.29) is 24.1 Å². The average molecular weight is 558 g/mol. The SMILES string of the molecule is CN(C(=O)OC(C)(C)C)C(Cc1ccc2ccccc2c1)C(=O)N(C)C(Cc1ccccc1)c1nnc(C(N)=O)o1. The number of benzene rings is 3. The van der Waals surface area contributed by atoms with Crippen molar-refractivity contribution in [3.8, 4) is 0 Å². The third-order valence-electron chi connectivity index (χ3n) is 6.70. The molecule has 2 atom stereocenters. The summed E-state index contributed by atoms with van der Waals surface area (Å²) in [4.78, 5) is 41.9. The smallest absolute Gasteiger partial charge is 0.410 e. The molecule has 10 nitrogen and oxygen atoms in total. The monoisotopic (exact) mass is 557 g/mol. The number of hydrogen-bond acceptors (Lipinski definition) is 7. The summed E-state index contributed by atoms with van der Waals surface area (Å²) < 4.78 is 11.2. The van der Waals surface area contributed by atoms with Crippen LogP contribution in [-0.4, -0.2) is 63.6 Å². The number of aromatic nitrogens is 2. The van der Waals surface area contributed by atoms with E-state index in [1.807, 2.05) is 72.8 Å². The van der Waals surface area contributed by atoms with Gasteiger partial charge in [-0.15, -0.1) is 10.2 Å². The highest BCUT2D eigenvalue weighted by atomic mass is 16.6. The Labute approximate surface area is 239 Å². The van der Waals surface area contributed by atoms with Crippen LogP contribution in [0.3, 0.4) is 0 Å². The summed E-state index contributed by atoms with van der Waals surface area (Å²) >= 11 is 0. The number of rotatable bonds is 9. The summed E-state index contributed by atoms with van der Waals surface area (Å²) in [6.07, 6.45) is -0.0704. The minimum Gasteiger partial charge on any atom is -0.444 e. The summed E-state index contributed by atoms with van der Waals surface area (Å²) in [5, 5.41) is 9.87. The minimum atomic E-state index is -0.923. The first kappa shape index (κ1) is 29.3. The highest BCUT2D eigenvalue weighted by Gasteiger charge is 2.36. The maximum absolute atomic E-state index is 14.3. The van der Waals surface area contributed by atoms with Gasteiger partial charge in [-0.1, -0.05) is 72.8 Å². The Hall–Kier alpha value is -4.73. The number of carbonyl (C=O) groups is 3. The van der Waals surface area contributed by atoms with Crippen molar-refractivity contribution < 1.29 is 23.5 Å². The van der Waals surface area contributed by atoms with E-state index in [0.29, 0.717) is 6.42 Å². The molecule has 0 aliphatic rings. The molecular weight excluding hydrogens is 522 g/mol. The summed E-state index contributed by atoms with van der Waals surface area (Å²) in [6.45, 7) is 5.31. The zero-order chi connectivity index (χ0) is 29.7. The van der Waals surface area contributed by atoms with Crippen molar-refractivity contribution in [3.05, 3.63) is 95.7 Å². The molecule has 4 aromatic rings. The molecule has 0 saturated heterocycles. The lowest BCUT2D eigenvalue weighted by Crippen LogP contribution is -2.51. The van der Waals surface area contributed by atoms with Crippen molar-refractivity contribution in [3.63, 3.8) is 0 Å². The number of primary amides is 1. The standard InChI is InChI=1S/C31H35N5O5/c1-31(2,3)41-30(39)36(5)25(19-21-15-16-22-13-9-10-14-23(22)17-21)29(38)35(4)24(18-20-11-7-6-8-12-20)27-33-34-28(40-27)26(32)37/h6-17,24-25H,18-19H2,1-5H3,(H2,32,37). The number of likely N-dealkylation sites (N-methyl/N-ethyl adjacent to an activating group) is 2. The van der Waals surface area contributed by atoms with Gasteiger partial charge in [0.25, 0.3) is 0 Å². The Balaban J connectivity index is 1.70. The van der Waals surface area contributed by atoms with Crippen LogP contribution in [0.4, 0.5) is 4.79 Å². The zero-order valence-corrected chi connectivity index (χ0v) is 23.9.